The first-order valence-electron chi connectivity index (χ1n) is 6.73. The lowest BCUT2D eigenvalue weighted by Crippen LogP contribution is -2.24. The third-order valence-corrected chi connectivity index (χ3v) is 3.31. The Morgan fingerprint density at radius 3 is 2.47 bits per heavy atom. The van der Waals surface area contributed by atoms with Gasteiger partial charge >= 0.3 is 6.16 Å². The van der Waals surface area contributed by atoms with Crippen LogP contribution in [0.2, 0.25) is 0 Å². The van der Waals surface area contributed by atoms with Crippen molar-refractivity contribution >= 4 is 6.16 Å². The number of ether oxygens (including phenoxy) is 2. The van der Waals surface area contributed by atoms with Crippen molar-refractivity contribution < 1.29 is 14.3 Å². The highest BCUT2D eigenvalue weighted by Gasteiger charge is 2.41. The van der Waals surface area contributed by atoms with Crippen molar-refractivity contribution in [1.29, 1.82) is 0 Å². The third kappa shape index (κ3) is 4.93. The second-order valence-electron chi connectivity index (χ2n) is 5.52. The second kappa shape index (κ2) is 6.60. The molecule has 1 unspecified atom stereocenters. The highest BCUT2D eigenvalue weighted by molar-refractivity contribution is 5.66. The van der Waals surface area contributed by atoms with Crippen LogP contribution in [-0.4, -0.2) is 11.8 Å². The van der Waals surface area contributed by atoms with E-state index in [0.717, 1.165) is 19.3 Å². The lowest BCUT2D eigenvalue weighted by Gasteiger charge is -2.19. The fourth-order valence-corrected chi connectivity index (χ4v) is 1.95. The highest BCUT2D eigenvalue weighted by atomic mass is 16.8. The van der Waals surface area contributed by atoms with Crippen LogP contribution in [0.4, 0.5) is 4.79 Å². The molecule has 0 radical (unpaired) electrons. The van der Waals surface area contributed by atoms with E-state index < -0.39 is 11.8 Å². The van der Waals surface area contributed by atoms with Gasteiger partial charge in [-0.1, -0.05) is 29.9 Å². The van der Waals surface area contributed by atoms with Crippen LogP contribution in [-0.2, 0) is 9.47 Å². The van der Waals surface area contributed by atoms with Gasteiger partial charge in [-0.25, -0.2) is 4.79 Å². The van der Waals surface area contributed by atoms with Crippen molar-refractivity contribution in [2.24, 2.45) is 0 Å². The highest BCUT2D eigenvalue weighted by Crippen LogP contribution is 2.33. The van der Waals surface area contributed by atoms with E-state index in [0.29, 0.717) is 12.2 Å². The van der Waals surface area contributed by atoms with Gasteiger partial charge in [0.05, 0.1) is 0 Å². The summed E-state index contributed by atoms with van der Waals surface area (Å²) in [5.41, 5.74) is 2.04. The monoisotopic (exact) mass is 264 g/mol. The van der Waals surface area contributed by atoms with Crippen LogP contribution in [0.1, 0.15) is 53.4 Å². The number of carbonyl (C=O) groups excluding carboxylic acids is 1. The molecule has 1 aliphatic heterocycles. The van der Waals surface area contributed by atoms with E-state index in [4.69, 9.17) is 9.47 Å². The predicted molar refractivity (Wildman–Crippen MR) is 76.8 cm³/mol. The fourth-order valence-electron chi connectivity index (χ4n) is 1.95. The van der Waals surface area contributed by atoms with Crippen molar-refractivity contribution in [2.45, 2.75) is 59.0 Å². The molecule has 1 rings (SSSR count). The summed E-state index contributed by atoms with van der Waals surface area (Å²) in [6.45, 7) is 11.9. The summed E-state index contributed by atoms with van der Waals surface area (Å²) in [7, 11) is 0. The minimum atomic E-state index is -0.673. The first-order chi connectivity index (χ1) is 8.83. The SMILES string of the molecule is C=C1OC(=O)OC1(C)CCC=C(C)CCC=C(C)C. The maximum absolute atomic E-state index is 11.0. The number of cyclic esters (lactones) is 2. The van der Waals surface area contributed by atoms with Crippen LogP contribution < -0.4 is 0 Å². The van der Waals surface area contributed by atoms with Crippen molar-refractivity contribution in [3.05, 3.63) is 35.6 Å². The zero-order valence-electron chi connectivity index (χ0n) is 12.4. The molecule has 1 saturated heterocycles. The molecular formula is C16H24O3. The van der Waals surface area contributed by atoms with Gasteiger partial charge < -0.3 is 9.47 Å². The average Bonchev–Trinajstić information content (AvgIpc) is 2.52. The molecule has 0 saturated carbocycles. The Bertz CT molecular complexity index is 414. The van der Waals surface area contributed by atoms with Gasteiger partial charge in [0.1, 0.15) is 5.76 Å². The maximum atomic E-state index is 11.0. The molecule has 0 aromatic rings. The van der Waals surface area contributed by atoms with Gasteiger partial charge in [-0.05, 0) is 53.4 Å². The number of hydrogen-bond donors (Lipinski definition) is 0. The lowest BCUT2D eigenvalue weighted by atomic mass is 9.97. The molecule has 0 amide bonds. The van der Waals surface area contributed by atoms with E-state index in [1.54, 1.807) is 0 Å². The molecule has 1 atom stereocenters. The van der Waals surface area contributed by atoms with Crippen LogP contribution in [0.25, 0.3) is 0 Å². The Balaban J connectivity index is 2.38. The van der Waals surface area contributed by atoms with Gasteiger partial charge in [-0.2, -0.15) is 0 Å². The van der Waals surface area contributed by atoms with E-state index in [-0.39, 0.29) is 0 Å². The van der Waals surface area contributed by atoms with Crippen LogP contribution in [0.3, 0.4) is 0 Å². The molecule has 3 nitrogen and oxygen atoms in total. The van der Waals surface area contributed by atoms with Gasteiger partial charge in [0.25, 0.3) is 0 Å². The number of hydrogen-bond acceptors (Lipinski definition) is 3. The lowest BCUT2D eigenvalue weighted by molar-refractivity contribution is 0.0722. The second-order valence-corrected chi connectivity index (χ2v) is 5.52. The molecule has 0 aromatic carbocycles. The zero-order valence-corrected chi connectivity index (χ0v) is 12.4. The van der Waals surface area contributed by atoms with Gasteiger partial charge in [0, 0.05) is 0 Å². The summed E-state index contributed by atoms with van der Waals surface area (Å²) in [6.07, 6.45) is 7.50. The molecule has 3 heteroatoms. The normalized spacial score (nSPS) is 23.1. The molecule has 0 spiro atoms. The molecule has 1 heterocycles. The Hall–Kier alpha value is -1.51. The molecule has 19 heavy (non-hydrogen) atoms. The fraction of sp³-hybridized carbons (Fsp3) is 0.562. The molecule has 1 aliphatic rings. The Morgan fingerprint density at radius 2 is 1.95 bits per heavy atom. The van der Waals surface area contributed by atoms with Gasteiger partial charge in [0.2, 0.25) is 0 Å². The minimum Gasteiger partial charge on any atom is -0.419 e. The first-order valence-corrected chi connectivity index (χ1v) is 6.73. The Kier molecular flexibility index (Phi) is 5.40. The quantitative estimate of drug-likeness (QED) is 0.505. The maximum Gasteiger partial charge on any atom is 0.514 e. The van der Waals surface area contributed by atoms with Crippen LogP contribution in [0.5, 0.6) is 0 Å². The van der Waals surface area contributed by atoms with E-state index in [1.165, 1.54) is 11.1 Å². The molecule has 0 bridgehead atoms. The zero-order chi connectivity index (χ0) is 14.5. The van der Waals surface area contributed by atoms with Crippen molar-refractivity contribution in [3.63, 3.8) is 0 Å². The summed E-state index contributed by atoms with van der Waals surface area (Å²) < 4.78 is 10.00. The molecule has 106 valence electrons. The summed E-state index contributed by atoms with van der Waals surface area (Å²) >= 11 is 0. The van der Waals surface area contributed by atoms with Crippen LogP contribution >= 0.6 is 0 Å². The van der Waals surface area contributed by atoms with E-state index in [2.05, 4.69) is 39.5 Å². The van der Waals surface area contributed by atoms with E-state index in [9.17, 15) is 4.79 Å². The van der Waals surface area contributed by atoms with Crippen molar-refractivity contribution in [2.75, 3.05) is 0 Å². The predicted octanol–water partition coefficient (Wildman–Crippen LogP) is 4.90. The van der Waals surface area contributed by atoms with Gasteiger partial charge in [0.15, 0.2) is 5.60 Å². The van der Waals surface area contributed by atoms with Gasteiger partial charge in [-0.15, -0.1) is 0 Å². The minimum absolute atomic E-state index is 0.410. The Morgan fingerprint density at radius 1 is 1.26 bits per heavy atom. The summed E-state index contributed by atoms with van der Waals surface area (Å²) in [5.74, 6) is 0.410. The molecule has 0 aromatic heterocycles. The largest absolute Gasteiger partial charge is 0.514 e. The number of carbonyl (C=O) groups is 1. The van der Waals surface area contributed by atoms with Crippen LogP contribution in [0, 0.1) is 0 Å². The molecular weight excluding hydrogens is 240 g/mol. The standard InChI is InChI=1S/C16H24O3/c1-12(2)8-6-9-13(3)10-7-11-16(5)14(4)18-15(17)19-16/h8,10H,4,6-7,9,11H2,1-3,5H3. The Labute approximate surface area is 116 Å². The topological polar surface area (TPSA) is 35.5 Å². The van der Waals surface area contributed by atoms with Crippen LogP contribution in [0.15, 0.2) is 35.6 Å². The smallest absolute Gasteiger partial charge is 0.419 e. The average molecular weight is 264 g/mol. The molecule has 0 aliphatic carbocycles. The third-order valence-electron chi connectivity index (χ3n) is 3.31. The number of rotatable bonds is 6. The summed E-state index contributed by atoms with van der Waals surface area (Å²) in [4.78, 5) is 11.0. The summed E-state index contributed by atoms with van der Waals surface area (Å²) in [6, 6.07) is 0. The van der Waals surface area contributed by atoms with Crippen molar-refractivity contribution in [1.82, 2.24) is 0 Å². The molecule has 0 N–H and O–H groups in total. The van der Waals surface area contributed by atoms with E-state index >= 15 is 0 Å². The van der Waals surface area contributed by atoms with E-state index in [1.807, 2.05) is 6.92 Å². The van der Waals surface area contributed by atoms with Crippen molar-refractivity contribution in [3.8, 4) is 0 Å². The first kappa shape index (κ1) is 15.5. The number of allylic oxidation sites excluding steroid dienone is 4. The molecule has 1 fully saturated rings. The summed E-state index contributed by atoms with van der Waals surface area (Å²) in [5, 5.41) is 0. The van der Waals surface area contributed by atoms with Gasteiger partial charge in [-0.3, -0.25) is 0 Å².